The Kier molecular flexibility index (Phi) is 9.81. The lowest BCUT2D eigenvalue weighted by atomic mass is 10.0. The predicted octanol–water partition coefficient (Wildman–Crippen LogP) is 4.94. The number of anilines is 1. The SMILES string of the molecule is CS(=O)(=O)N(CC(=O)N(Cc1cccc(Cl)c1)C(Cc1ccccc1)C(=O)NC1CCCC1)c1cccc(F)c1. The van der Waals surface area contributed by atoms with Crippen molar-refractivity contribution >= 4 is 39.1 Å². The summed E-state index contributed by atoms with van der Waals surface area (Å²) in [5, 5.41) is 3.58. The third-order valence-corrected chi connectivity index (χ3v) is 8.37. The molecule has 1 atom stereocenters. The standard InChI is InChI=1S/C30H33ClFN3O4S/c1-40(38,39)35(27-16-8-13-25(32)19-27)21-29(36)34(20-23-11-7-12-24(31)17-23)28(18-22-9-3-2-4-10-22)30(37)33-26-14-5-6-15-26/h2-4,7-13,16-17,19,26,28H,5-6,14-15,18,20-21H2,1H3,(H,33,37). The van der Waals surface area contributed by atoms with Crippen molar-refractivity contribution in [1.82, 2.24) is 10.2 Å². The smallest absolute Gasteiger partial charge is 0.244 e. The highest BCUT2D eigenvalue weighted by molar-refractivity contribution is 7.92. The van der Waals surface area contributed by atoms with Gasteiger partial charge in [0, 0.05) is 24.0 Å². The van der Waals surface area contributed by atoms with Crippen LogP contribution in [-0.2, 0) is 32.6 Å². The normalized spacial score (nSPS) is 14.5. The van der Waals surface area contributed by atoms with Crippen molar-refractivity contribution in [3.8, 4) is 0 Å². The zero-order valence-electron chi connectivity index (χ0n) is 22.3. The van der Waals surface area contributed by atoms with Crippen LogP contribution in [-0.4, -0.2) is 50.0 Å². The molecule has 1 saturated carbocycles. The second-order valence-electron chi connectivity index (χ2n) is 10.1. The molecule has 10 heteroatoms. The van der Waals surface area contributed by atoms with Gasteiger partial charge in [0.2, 0.25) is 21.8 Å². The summed E-state index contributed by atoms with van der Waals surface area (Å²) in [5.74, 6) is -1.53. The Morgan fingerprint density at radius 1 is 0.975 bits per heavy atom. The van der Waals surface area contributed by atoms with Crippen molar-refractivity contribution < 1.29 is 22.4 Å². The first-order chi connectivity index (χ1) is 19.1. The van der Waals surface area contributed by atoms with Crippen molar-refractivity contribution in [1.29, 1.82) is 0 Å². The van der Waals surface area contributed by atoms with Gasteiger partial charge in [0.25, 0.3) is 0 Å². The zero-order chi connectivity index (χ0) is 28.7. The van der Waals surface area contributed by atoms with Crippen LogP contribution in [0.4, 0.5) is 10.1 Å². The molecule has 3 aromatic carbocycles. The van der Waals surface area contributed by atoms with E-state index in [4.69, 9.17) is 11.6 Å². The maximum atomic E-state index is 14.0. The third kappa shape index (κ3) is 8.05. The van der Waals surface area contributed by atoms with Crippen molar-refractivity contribution in [2.75, 3.05) is 17.1 Å². The van der Waals surface area contributed by atoms with Crippen molar-refractivity contribution in [2.45, 2.75) is 50.7 Å². The molecule has 1 fully saturated rings. The van der Waals surface area contributed by atoms with Gasteiger partial charge in [0.15, 0.2) is 0 Å². The largest absolute Gasteiger partial charge is 0.352 e. The predicted molar refractivity (Wildman–Crippen MR) is 155 cm³/mol. The maximum Gasteiger partial charge on any atom is 0.244 e. The molecule has 4 rings (SSSR count). The minimum atomic E-state index is -3.97. The number of hydrogen-bond acceptors (Lipinski definition) is 4. The second kappa shape index (κ2) is 13.3. The Labute approximate surface area is 240 Å². The van der Waals surface area contributed by atoms with E-state index in [1.165, 1.54) is 23.1 Å². The summed E-state index contributed by atoms with van der Waals surface area (Å²) >= 11 is 6.23. The van der Waals surface area contributed by atoms with Crippen molar-refractivity contribution in [3.63, 3.8) is 0 Å². The molecular formula is C30H33ClFN3O4S. The fraction of sp³-hybridized carbons (Fsp3) is 0.333. The number of benzene rings is 3. The quantitative estimate of drug-likeness (QED) is 0.345. The molecule has 0 heterocycles. The van der Waals surface area contributed by atoms with Crippen LogP contribution in [0.15, 0.2) is 78.9 Å². The van der Waals surface area contributed by atoms with Gasteiger partial charge < -0.3 is 10.2 Å². The number of halogens is 2. The molecule has 0 aromatic heterocycles. The lowest BCUT2D eigenvalue weighted by molar-refractivity contribution is -0.140. The minimum absolute atomic E-state index is 0.0218. The summed E-state index contributed by atoms with van der Waals surface area (Å²) < 4.78 is 40.4. The van der Waals surface area contributed by atoms with Gasteiger partial charge in [-0.25, -0.2) is 12.8 Å². The molecular weight excluding hydrogens is 553 g/mol. The van der Waals surface area contributed by atoms with E-state index in [-0.39, 0.29) is 30.6 Å². The Hall–Kier alpha value is -3.43. The van der Waals surface area contributed by atoms with Gasteiger partial charge in [-0.3, -0.25) is 13.9 Å². The molecule has 2 amide bonds. The summed E-state index contributed by atoms with van der Waals surface area (Å²) in [6, 6.07) is 20.5. The highest BCUT2D eigenvalue weighted by Gasteiger charge is 2.34. The van der Waals surface area contributed by atoms with Crippen LogP contribution in [0.3, 0.4) is 0 Å². The number of sulfonamides is 1. The number of amides is 2. The van der Waals surface area contributed by atoms with Gasteiger partial charge in [-0.1, -0.05) is 73.0 Å². The van der Waals surface area contributed by atoms with E-state index in [0.717, 1.165) is 47.9 Å². The van der Waals surface area contributed by atoms with Crippen molar-refractivity contribution in [3.05, 3.63) is 101 Å². The molecule has 212 valence electrons. The number of hydrogen-bond donors (Lipinski definition) is 1. The molecule has 7 nitrogen and oxygen atoms in total. The molecule has 0 bridgehead atoms. The van der Waals surface area contributed by atoms with Crippen LogP contribution < -0.4 is 9.62 Å². The lowest BCUT2D eigenvalue weighted by Gasteiger charge is -2.34. The first kappa shape index (κ1) is 29.6. The van der Waals surface area contributed by atoms with Gasteiger partial charge in [0.1, 0.15) is 18.4 Å². The van der Waals surface area contributed by atoms with E-state index in [1.807, 2.05) is 30.3 Å². The number of rotatable bonds is 11. The second-order valence-corrected chi connectivity index (χ2v) is 12.4. The number of carbonyl (C=O) groups is 2. The van der Waals surface area contributed by atoms with Gasteiger partial charge in [0.05, 0.1) is 11.9 Å². The maximum absolute atomic E-state index is 14.0. The van der Waals surface area contributed by atoms with Crippen LogP contribution in [0.2, 0.25) is 5.02 Å². The minimum Gasteiger partial charge on any atom is -0.352 e. The van der Waals surface area contributed by atoms with Crippen molar-refractivity contribution in [2.24, 2.45) is 0 Å². The van der Waals surface area contributed by atoms with E-state index in [0.29, 0.717) is 10.6 Å². The number of nitrogens with zero attached hydrogens (tertiary/aromatic N) is 2. The van der Waals surface area contributed by atoms with E-state index >= 15 is 0 Å². The Morgan fingerprint density at radius 3 is 2.30 bits per heavy atom. The molecule has 0 saturated heterocycles. The highest BCUT2D eigenvalue weighted by Crippen LogP contribution is 2.23. The Balaban J connectivity index is 1.72. The number of carbonyl (C=O) groups excluding carboxylic acids is 2. The lowest BCUT2D eigenvalue weighted by Crippen LogP contribution is -2.54. The summed E-state index contributed by atoms with van der Waals surface area (Å²) in [7, 11) is -3.97. The molecule has 0 radical (unpaired) electrons. The van der Waals surface area contributed by atoms with E-state index < -0.39 is 34.3 Å². The van der Waals surface area contributed by atoms with Crippen LogP contribution in [0.5, 0.6) is 0 Å². The zero-order valence-corrected chi connectivity index (χ0v) is 23.9. The van der Waals surface area contributed by atoms with Gasteiger partial charge in [-0.2, -0.15) is 0 Å². The molecule has 1 aliphatic rings. The topological polar surface area (TPSA) is 86.8 Å². The molecule has 40 heavy (non-hydrogen) atoms. The summed E-state index contributed by atoms with van der Waals surface area (Å²) in [6.07, 6.45) is 4.97. The fourth-order valence-electron chi connectivity index (χ4n) is 5.00. The summed E-state index contributed by atoms with van der Waals surface area (Å²) in [5.41, 5.74) is 1.56. The first-order valence-electron chi connectivity index (χ1n) is 13.2. The van der Waals surface area contributed by atoms with E-state index in [9.17, 15) is 22.4 Å². The highest BCUT2D eigenvalue weighted by atomic mass is 35.5. The van der Waals surface area contributed by atoms with Gasteiger partial charge in [-0.05, 0) is 54.3 Å². The molecule has 3 aromatic rings. The number of nitrogens with one attached hydrogen (secondary N) is 1. The van der Waals surface area contributed by atoms with E-state index in [2.05, 4.69) is 5.32 Å². The molecule has 1 unspecified atom stereocenters. The molecule has 1 aliphatic carbocycles. The monoisotopic (exact) mass is 585 g/mol. The summed E-state index contributed by atoms with van der Waals surface area (Å²) in [6.45, 7) is -0.583. The van der Waals surface area contributed by atoms with Crippen LogP contribution in [0, 0.1) is 5.82 Å². The Bertz CT molecular complexity index is 1430. The average molecular weight is 586 g/mol. The van der Waals surface area contributed by atoms with Crippen LogP contribution >= 0.6 is 11.6 Å². The third-order valence-electron chi connectivity index (χ3n) is 6.99. The van der Waals surface area contributed by atoms with Gasteiger partial charge >= 0.3 is 0 Å². The summed E-state index contributed by atoms with van der Waals surface area (Å²) in [4.78, 5) is 29.2. The van der Waals surface area contributed by atoms with Crippen LogP contribution in [0.1, 0.15) is 36.8 Å². The van der Waals surface area contributed by atoms with E-state index in [1.54, 1.807) is 24.3 Å². The average Bonchev–Trinajstić information content (AvgIpc) is 3.42. The fourth-order valence-corrected chi connectivity index (χ4v) is 6.05. The van der Waals surface area contributed by atoms with Crippen LogP contribution in [0.25, 0.3) is 0 Å². The first-order valence-corrected chi connectivity index (χ1v) is 15.4. The molecule has 1 N–H and O–H groups in total. The molecule has 0 aliphatic heterocycles. The Morgan fingerprint density at radius 2 is 1.65 bits per heavy atom. The molecule has 0 spiro atoms. The van der Waals surface area contributed by atoms with Gasteiger partial charge in [-0.15, -0.1) is 0 Å².